The number of rotatable bonds is 7. The first-order chi connectivity index (χ1) is 17.9. The Morgan fingerprint density at radius 1 is 1.05 bits per heavy atom. The number of thioether (sulfide) groups is 1. The van der Waals surface area contributed by atoms with Gasteiger partial charge in [0, 0.05) is 29.4 Å². The zero-order valence-electron chi connectivity index (χ0n) is 20.6. The molecule has 0 bridgehead atoms. The zero-order valence-corrected chi connectivity index (χ0v) is 21.5. The van der Waals surface area contributed by atoms with Crippen LogP contribution in [0.5, 0.6) is 17.2 Å². The van der Waals surface area contributed by atoms with Gasteiger partial charge in [-0.15, -0.1) is 0 Å². The molecule has 0 spiro atoms. The number of carbonyl (C=O) groups excluding carboxylic acids is 1. The van der Waals surface area contributed by atoms with E-state index in [4.69, 9.17) is 14.2 Å². The molecule has 0 radical (unpaired) electrons. The maximum absolute atomic E-state index is 14.1. The molecule has 0 saturated heterocycles. The van der Waals surface area contributed by atoms with Crippen molar-refractivity contribution in [1.82, 2.24) is 9.97 Å². The van der Waals surface area contributed by atoms with Crippen LogP contribution in [0.4, 0.5) is 10.2 Å². The van der Waals surface area contributed by atoms with Crippen LogP contribution < -0.4 is 25.1 Å². The summed E-state index contributed by atoms with van der Waals surface area (Å²) in [5, 5.41) is 3.61. The maximum atomic E-state index is 14.1. The number of hydrogen-bond acceptors (Lipinski definition) is 8. The Kier molecular flexibility index (Phi) is 6.92. The van der Waals surface area contributed by atoms with E-state index in [-0.39, 0.29) is 17.2 Å². The number of nitrogens with one attached hydrogen (secondary N) is 2. The number of fused-ring (bicyclic) bond motifs is 1. The lowest BCUT2D eigenvalue weighted by Crippen LogP contribution is -2.32. The molecule has 1 aliphatic heterocycles. The second-order valence-electron chi connectivity index (χ2n) is 8.70. The molecule has 0 amide bonds. The summed E-state index contributed by atoms with van der Waals surface area (Å²) in [5.41, 5.74) is 2.42. The number of H-pyrrole nitrogens is 1. The Balaban J connectivity index is 1.62. The van der Waals surface area contributed by atoms with Crippen LogP contribution in [0.2, 0.25) is 0 Å². The van der Waals surface area contributed by atoms with Crippen LogP contribution in [0, 0.1) is 5.82 Å². The van der Waals surface area contributed by atoms with Gasteiger partial charge in [-0.2, -0.15) is 0 Å². The summed E-state index contributed by atoms with van der Waals surface area (Å²) in [7, 11) is 4.54. The summed E-state index contributed by atoms with van der Waals surface area (Å²) < 4.78 is 30.6. The fraction of sp³-hybridized carbons (Fsp3) is 0.296. The van der Waals surface area contributed by atoms with Gasteiger partial charge in [-0.05, 0) is 42.2 Å². The molecule has 0 unspecified atom stereocenters. The Morgan fingerprint density at radius 3 is 2.46 bits per heavy atom. The fourth-order valence-corrected chi connectivity index (χ4v) is 5.72. The van der Waals surface area contributed by atoms with Crippen LogP contribution in [0.3, 0.4) is 0 Å². The van der Waals surface area contributed by atoms with Crippen LogP contribution >= 0.6 is 11.8 Å². The highest BCUT2D eigenvalue weighted by Crippen LogP contribution is 2.47. The van der Waals surface area contributed by atoms with E-state index in [0.717, 1.165) is 5.70 Å². The molecular weight excluding hydrogens is 497 g/mol. The third kappa shape index (κ3) is 4.57. The van der Waals surface area contributed by atoms with E-state index in [9.17, 15) is 14.0 Å². The summed E-state index contributed by atoms with van der Waals surface area (Å²) in [6.45, 7) is 0. The Morgan fingerprint density at radius 2 is 1.78 bits per heavy atom. The minimum absolute atomic E-state index is 0.0180. The average Bonchev–Trinajstić information content (AvgIpc) is 2.90. The third-order valence-corrected chi connectivity index (χ3v) is 7.50. The van der Waals surface area contributed by atoms with Crippen molar-refractivity contribution in [3.63, 3.8) is 0 Å². The molecule has 37 heavy (non-hydrogen) atoms. The van der Waals surface area contributed by atoms with E-state index in [1.165, 1.54) is 39.2 Å². The quantitative estimate of drug-likeness (QED) is 0.337. The largest absolute Gasteiger partial charge is 0.493 e. The maximum Gasteiger partial charge on any atom is 0.257 e. The lowest BCUT2D eigenvalue weighted by Gasteiger charge is -2.33. The Bertz CT molecular complexity index is 1440. The summed E-state index contributed by atoms with van der Waals surface area (Å²) >= 11 is 1.23. The van der Waals surface area contributed by atoms with Gasteiger partial charge >= 0.3 is 0 Å². The van der Waals surface area contributed by atoms with Crippen molar-refractivity contribution in [2.75, 3.05) is 26.6 Å². The topological polar surface area (TPSA) is 103 Å². The van der Waals surface area contributed by atoms with Crippen LogP contribution in [-0.2, 0) is 10.5 Å². The number of anilines is 1. The van der Waals surface area contributed by atoms with E-state index >= 15 is 0 Å². The standard InChI is InChI=1S/C27H26FN3O5S/c1-34-19-11-15(12-20(35-2)24(19)36-3)21-22-17(9-6-10-18(22)32)29-25-23(21)26(33)31-27(30-25)37-13-14-7-4-5-8-16(14)28/h4-5,7-8,11-12,21H,6,9-10,13H2,1-3H3,(H2,29,30,31,33)/t21-/m1/s1. The minimum Gasteiger partial charge on any atom is -0.493 e. The van der Waals surface area contributed by atoms with Gasteiger partial charge in [-0.3, -0.25) is 9.59 Å². The Labute approximate surface area is 217 Å². The number of carbonyl (C=O) groups is 1. The lowest BCUT2D eigenvalue weighted by atomic mass is 9.76. The number of allylic oxidation sites excluding steroid dienone is 2. The highest BCUT2D eigenvalue weighted by molar-refractivity contribution is 7.98. The average molecular weight is 524 g/mol. The van der Waals surface area contributed by atoms with E-state index < -0.39 is 5.92 Å². The first kappa shape index (κ1) is 24.9. The molecule has 0 fully saturated rings. The molecule has 1 aromatic heterocycles. The van der Waals surface area contributed by atoms with Gasteiger partial charge in [0.15, 0.2) is 22.4 Å². The van der Waals surface area contributed by atoms with Crippen molar-refractivity contribution >= 4 is 23.4 Å². The van der Waals surface area contributed by atoms with Gasteiger partial charge in [0.2, 0.25) is 5.75 Å². The van der Waals surface area contributed by atoms with Gasteiger partial charge in [0.05, 0.1) is 26.9 Å². The molecule has 5 rings (SSSR count). The van der Waals surface area contributed by atoms with Crippen LogP contribution in [0.1, 0.15) is 41.9 Å². The Hall–Kier alpha value is -3.79. The fourth-order valence-electron chi connectivity index (χ4n) is 4.87. The summed E-state index contributed by atoms with van der Waals surface area (Å²) in [5.74, 6) is 0.937. The molecule has 2 aliphatic rings. The molecule has 1 aliphatic carbocycles. The van der Waals surface area contributed by atoms with Crippen molar-refractivity contribution < 1.29 is 23.4 Å². The summed E-state index contributed by atoms with van der Waals surface area (Å²) in [4.78, 5) is 34.2. The van der Waals surface area contributed by atoms with E-state index in [1.54, 1.807) is 30.3 Å². The highest BCUT2D eigenvalue weighted by atomic mass is 32.2. The molecule has 8 nitrogen and oxygen atoms in total. The predicted molar refractivity (Wildman–Crippen MR) is 138 cm³/mol. The number of halogens is 1. The van der Waals surface area contributed by atoms with Gasteiger partial charge in [0.1, 0.15) is 11.6 Å². The first-order valence-corrected chi connectivity index (χ1v) is 12.8. The van der Waals surface area contributed by atoms with Gasteiger partial charge in [-0.1, -0.05) is 30.0 Å². The summed E-state index contributed by atoms with van der Waals surface area (Å²) in [6, 6.07) is 10.0. The molecule has 2 heterocycles. The monoisotopic (exact) mass is 523 g/mol. The molecule has 0 saturated carbocycles. The van der Waals surface area contributed by atoms with Crippen molar-refractivity contribution in [1.29, 1.82) is 0 Å². The molecule has 3 aromatic rings. The number of hydrogen-bond donors (Lipinski definition) is 2. The van der Waals surface area contributed by atoms with Crippen molar-refractivity contribution in [3.8, 4) is 17.2 Å². The van der Waals surface area contributed by atoms with Crippen molar-refractivity contribution in [2.45, 2.75) is 36.1 Å². The molecular formula is C27H26FN3O5S. The van der Waals surface area contributed by atoms with Gasteiger partial charge in [-0.25, -0.2) is 9.37 Å². The smallest absolute Gasteiger partial charge is 0.257 e. The number of methoxy groups -OCH3 is 3. The first-order valence-electron chi connectivity index (χ1n) is 11.8. The molecule has 10 heteroatoms. The van der Waals surface area contributed by atoms with Crippen LogP contribution in [0.25, 0.3) is 0 Å². The second-order valence-corrected chi connectivity index (χ2v) is 9.66. The van der Waals surface area contributed by atoms with Crippen LogP contribution in [-0.4, -0.2) is 37.1 Å². The van der Waals surface area contributed by atoms with Crippen LogP contribution in [0.15, 0.2) is 57.6 Å². The molecule has 192 valence electrons. The predicted octanol–water partition coefficient (Wildman–Crippen LogP) is 4.79. The van der Waals surface area contributed by atoms with Gasteiger partial charge in [0.25, 0.3) is 5.56 Å². The van der Waals surface area contributed by atoms with Gasteiger partial charge < -0.3 is 24.5 Å². The highest BCUT2D eigenvalue weighted by Gasteiger charge is 2.38. The molecule has 2 N–H and O–H groups in total. The third-order valence-electron chi connectivity index (χ3n) is 6.58. The number of ether oxygens (including phenoxy) is 3. The second kappa shape index (κ2) is 10.3. The minimum atomic E-state index is -0.672. The molecule has 1 atom stereocenters. The van der Waals surface area contributed by atoms with E-state index in [0.29, 0.717) is 75.5 Å². The zero-order chi connectivity index (χ0) is 26.1. The summed E-state index contributed by atoms with van der Waals surface area (Å²) in [6.07, 6.45) is 1.77. The number of nitrogens with zero attached hydrogens (tertiary/aromatic N) is 1. The number of benzene rings is 2. The van der Waals surface area contributed by atoms with Crippen molar-refractivity contribution in [2.24, 2.45) is 0 Å². The lowest BCUT2D eigenvalue weighted by molar-refractivity contribution is -0.116. The SMILES string of the molecule is COc1cc([C@@H]2C3=C(CCCC3=O)Nc3nc(SCc4ccccc4F)[nH]c(=O)c32)cc(OC)c1OC. The number of aromatic nitrogens is 2. The number of Topliss-reactive ketones (excluding diaryl/α,β-unsaturated/α-hetero) is 1. The van der Waals surface area contributed by atoms with Crippen molar-refractivity contribution in [3.05, 3.63) is 80.5 Å². The normalized spacial score (nSPS) is 16.5. The molecule has 2 aromatic carbocycles. The van der Waals surface area contributed by atoms with E-state index in [2.05, 4.69) is 15.3 Å². The number of ketones is 1. The van der Waals surface area contributed by atoms with E-state index in [1.807, 2.05) is 0 Å². The number of aromatic amines is 1.